The third kappa shape index (κ3) is 17.0. The van der Waals surface area contributed by atoms with E-state index in [0.29, 0.717) is 0 Å². The Labute approximate surface area is 174 Å². The van der Waals surface area contributed by atoms with E-state index in [-0.39, 0.29) is 0 Å². The zero-order valence-corrected chi connectivity index (χ0v) is 20.6. The number of unbranched alkanes of at least 4 members (excludes halogenated alkanes) is 12. The minimum Gasteiger partial charge on any atom is -0.346 e. The molecule has 0 aliphatic carbocycles. The first-order valence-corrected chi connectivity index (χ1v) is 15.2. The topological polar surface area (TPSA) is 9.23 Å². The summed E-state index contributed by atoms with van der Waals surface area (Å²) in [6, 6.07) is 0. The lowest BCUT2D eigenvalue weighted by atomic mass is 10.1. The summed E-state index contributed by atoms with van der Waals surface area (Å²) in [7, 11) is -0.848. The van der Waals surface area contributed by atoms with Gasteiger partial charge in [-0.3, -0.25) is 0 Å². The fraction of sp³-hybridized carbons (Fsp3) is 1.00. The van der Waals surface area contributed by atoms with E-state index in [2.05, 4.69) is 27.7 Å². The highest BCUT2D eigenvalue weighted by Gasteiger charge is 2.35. The number of rotatable bonds is 22. The molecule has 0 aromatic rings. The smallest absolute Gasteiger partial charge is 0.157 e. The molecule has 0 bridgehead atoms. The fourth-order valence-corrected chi connectivity index (χ4v) is 8.50. The van der Waals surface area contributed by atoms with Crippen molar-refractivity contribution >= 4 is 7.26 Å². The van der Waals surface area contributed by atoms with E-state index in [0.717, 1.165) is 13.0 Å². The van der Waals surface area contributed by atoms with Crippen molar-refractivity contribution in [3.05, 3.63) is 0 Å². The molecule has 0 N–H and O–H groups in total. The lowest BCUT2D eigenvalue weighted by molar-refractivity contribution is 0.171. The molecule has 0 spiro atoms. The molecule has 0 aromatic heterocycles. The van der Waals surface area contributed by atoms with E-state index < -0.39 is 7.26 Å². The van der Waals surface area contributed by atoms with E-state index >= 15 is 0 Å². The van der Waals surface area contributed by atoms with Crippen LogP contribution < -0.4 is 0 Å². The van der Waals surface area contributed by atoms with E-state index in [1.165, 1.54) is 121 Å². The molecule has 0 saturated carbocycles. The van der Waals surface area contributed by atoms with Crippen molar-refractivity contribution < 1.29 is 4.74 Å². The lowest BCUT2D eigenvalue weighted by Crippen LogP contribution is -2.15. The SMILES string of the molecule is CCCCCCCCCCCCOC[P+](CCCC)(CCCC)CCCC. The van der Waals surface area contributed by atoms with Crippen LogP contribution in [-0.2, 0) is 4.74 Å². The van der Waals surface area contributed by atoms with Gasteiger partial charge < -0.3 is 4.74 Å². The number of ether oxygens (including phenoxy) is 1. The Hall–Kier alpha value is 0.390. The Balaban J connectivity index is 3.89. The molecule has 0 saturated heterocycles. The minimum absolute atomic E-state index is 0.848. The molecule has 0 aliphatic rings. The van der Waals surface area contributed by atoms with Crippen LogP contribution in [0.2, 0.25) is 0 Å². The van der Waals surface area contributed by atoms with Crippen LogP contribution in [0, 0.1) is 0 Å². The van der Waals surface area contributed by atoms with Gasteiger partial charge in [-0.2, -0.15) is 0 Å². The Morgan fingerprint density at radius 3 is 1.22 bits per heavy atom. The lowest BCUT2D eigenvalue weighted by Gasteiger charge is -2.27. The Kier molecular flexibility index (Phi) is 21.4. The molecule has 0 atom stereocenters. The molecule has 0 aromatic carbocycles. The van der Waals surface area contributed by atoms with Crippen LogP contribution in [0.5, 0.6) is 0 Å². The quantitative estimate of drug-likeness (QED) is 0.130. The number of hydrogen-bond donors (Lipinski definition) is 0. The molecule has 0 aliphatic heterocycles. The summed E-state index contributed by atoms with van der Waals surface area (Å²) >= 11 is 0. The second-order valence-electron chi connectivity index (χ2n) is 8.79. The molecule has 0 fully saturated rings. The molecule has 1 nitrogen and oxygen atoms in total. The molecule has 0 radical (unpaired) electrons. The second kappa shape index (κ2) is 21.1. The van der Waals surface area contributed by atoms with Gasteiger partial charge in [0.15, 0.2) is 6.35 Å². The van der Waals surface area contributed by atoms with Crippen LogP contribution >= 0.6 is 7.26 Å². The third-order valence-corrected chi connectivity index (χ3v) is 10.5. The second-order valence-corrected chi connectivity index (χ2v) is 13.1. The summed E-state index contributed by atoms with van der Waals surface area (Å²) in [4.78, 5) is 0. The number of hydrogen-bond acceptors (Lipinski definition) is 1. The van der Waals surface area contributed by atoms with Crippen molar-refractivity contribution in [3.8, 4) is 0 Å². The average molecular weight is 402 g/mol. The summed E-state index contributed by atoms with van der Waals surface area (Å²) in [6.07, 6.45) is 28.0. The zero-order valence-electron chi connectivity index (χ0n) is 19.7. The normalized spacial score (nSPS) is 12.0. The van der Waals surface area contributed by atoms with Gasteiger partial charge in [0.1, 0.15) is 0 Å². The van der Waals surface area contributed by atoms with Gasteiger partial charge in [0.2, 0.25) is 0 Å². The average Bonchev–Trinajstić information content (AvgIpc) is 2.69. The Bertz CT molecular complexity index is 258. The van der Waals surface area contributed by atoms with Crippen molar-refractivity contribution in [2.75, 3.05) is 31.4 Å². The summed E-state index contributed by atoms with van der Waals surface area (Å²) in [5.41, 5.74) is 0. The van der Waals surface area contributed by atoms with Crippen LogP contribution in [0.4, 0.5) is 0 Å². The highest BCUT2D eigenvalue weighted by atomic mass is 31.2. The van der Waals surface area contributed by atoms with Crippen molar-refractivity contribution in [2.45, 2.75) is 130 Å². The van der Waals surface area contributed by atoms with Gasteiger partial charge in [-0.25, -0.2) is 0 Å². The van der Waals surface area contributed by atoms with E-state index in [9.17, 15) is 0 Å². The van der Waals surface area contributed by atoms with Gasteiger partial charge in [0, 0.05) is 7.26 Å². The van der Waals surface area contributed by atoms with Gasteiger partial charge in [0.25, 0.3) is 0 Å². The van der Waals surface area contributed by atoms with Crippen LogP contribution in [0.1, 0.15) is 130 Å². The maximum Gasteiger partial charge on any atom is 0.157 e. The van der Waals surface area contributed by atoms with Crippen LogP contribution in [0.25, 0.3) is 0 Å². The standard InChI is InChI=1S/C25H54OP/c1-5-9-13-14-15-16-17-18-19-20-21-26-25-27(22-10-6-2,23-11-7-3)24-12-8-4/h5-25H2,1-4H3/q+1. The Morgan fingerprint density at radius 2 is 0.815 bits per heavy atom. The summed E-state index contributed by atoms with van der Waals surface area (Å²) < 4.78 is 6.31. The molecule has 0 heterocycles. The molecule has 0 unspecified atom stereocenters. The van der Waals surface area contributed by atoms with Crippen molar-refractivity contribution in [1.29, 1.82) is 0 Å². The molecule has 27 heavy (non-hydrogen) atoms. The van der Waals surface area contributed by atoms with E-state index in [4.69, 9.17) is 4.74 Å². The minimum atomic E-state index is -0.848. The first-order valence-electron chi connectivity index (χ1n) is 12.7. The predicted molar refractivity (Wildman–Crippen MR) is 129 cm³/mol. The maximum atomic E-state index is 6.31. The van der Waals surface area contributed by atoms with Crippen LogP contribution in [0.3, 0.4) is 0 Å². The monoisotopic (exact) mass is 401 g/mol. The predicted octanol–water partition coefficient (Wildman–Crippen LogP) is 9.30. The highest BCUT2D eigenvalue weighted by molar-refractivity contribution is 7.75. The molecule has 2 heteroatoms. The third-order valence-electron chi connectivity index (χ3n) is 5.97. The van der Waals surface area contributed by atoms with Gasteiger partial charge in [-0.15, -0.1) is 0 Å². The van der Waals surface area contributed by atoms with Crippen molar-refractivity contribution in [1.82, 2.24) is 0 Å². The van der Waals surface area contributed by atoms with Crippen molar-refractivity contribution in [3.63, 3.8) is 0 Å². The fourth-order valence-electron chi connectivity index (χ4n) is 3.96. The molecule has 0 amide bonds. The molecular weight excluding hydrogens is 347 g/mol. The maximum absolute atomic E-state index is 6.31. The first-order chi connectivity index (χ1) is 13.2. The Morgan fingerprint density at radius 1 is 0.444 bits per heavy atom. The van der Waals surface area contributed by atoms with Gasteiger partial charge >= 0.3 is 0 Å². The zero-order chi connectivity index (χ0) is 20.1. The van der Waals surface area contributed by atoms with Gasteiger partial charge in [-0.1, -0.05) is 105 Å². The van der Waals surface area contributed by atoms with Crippen LogP contribution in [-0.4, -0.2) is 31.4 Å². The molecular formula is C25H54OP+. The summed E-state index contributed by atoms with van der Waals surface area (Å²) in [5.74, 6) is 0. The summed E-state index contributed by atoms with van der Waals surface area (Å²) in [5, 5.41) is 0. The van der Waals surface area contributed by atoms with Gasteiger partial charge in [0.05, 0.1) is 25.1 Å². The summed E-state index contributed by atoms with van der Waals surface area (Å²) in [6.45, 7) is 10.4. The highest BCUT2D eigenvalue weighted by Crippen LogP contribution is 2.60. The van der Waals surface area contributed by atoms with E-state index in [1.807, 2.05) is 0 Å². The largest absolute Gasteiger partial charge is 0.346 e. The van der Waals surface area contributed by atoms with Crippen molar-refractivity contribution in [2.24, 2.45) is 0 Å². The van der Waals surface area contributed by atoms with Gasteiger partial charge in [-0.05, 0) is 25.7 Å². The van der Waals surface area contributed by atoms with E-state index in [1.54, 1.807) is 0 Å². The van der Waals surface area contributed by atoms with Crippen LogP contribution in [0.15, 0.2) is 0 Å². The first kappa shape index (κ1) is 27.4. The molecule has 164 valence electrons. The molecule has 0 rings (SSSR count).